The molecule has 172 valence electrons. The molecule has 1 unspecified atom stereocenters. The summed E-state index contributed by atoms with van der Waals surface area (Å²) in [6.45, 7) is -0.469. The molecule has 0 aliphatic rings. The number of rotatable bonds is 9. The van der Waals surface area contributed by atoms with E-state index in [1.807, 2.05) is 24.3 Å². The summed E-state index contributed by atoms with van der Waals surface area (Å²) in [5, 5.41) is 14.9. The maximum atomic E-state index is 12.2. The zero-order valence-electron chi connectivity index (χ0n) is 18.1. The first-order valence-electron chi connectivity index (χ1n) is 10.2. The highest BCUT2D eigenvalue weighted by molar-refractivity contribution is 7.90. The Morgan fingerprint density at radius 1 is 1.00 bits per heavy atom. The fourth-order valence-electron chi connectivity index (χ4n) is 3.21. The number of hydrogen-bond donors (Lipinski definition) is 3. The van der Waals surface area contributed by atoms with Gasteiger partial charge >= 0.3 is 0 Å². The SMILES string of the molecule is CS(=O)(=O)c1ccc(-c2ccc(CC(CO)NC(=O)CNC(=O)c3cccnc3)cc2)cc1. The lowest BCUT2D eigenvalue weighted by Crippen LogP contribution is -2.44. The zero-order chi connectivity index (χ0) is 23.8. The fraction of sp³-hybridized carbons (Fsp3) is 0.208. The molecule has 8 nitrogen and oxygen atoms in total. The largest absolute Gasteiger partial charge is 0.394 e. The molecule has 1 atom stereocenters. The van der Waals surface area contributed by atoms with Gasteiger partial charge in [0.25, 0.3) is 5.91 Å². The van der Waals surface area contributed by atoms with Gasteiger partial charge in [0.2, 0.25) is 5.91 Å². The van der Waals surface area contributed by atoms with Crippen molar-refractivity contribution in [1.29, 1.82) is 0 Å². The summed E-state index contributed by atoms with van der Waals surface area (Å²) in [6, 6.07) is 16.9. The molecule has 0 spiro atoms. The molecule has 1 heterocycles. The average Bonchev–Trinajstić information content (AvgIpc) is 2.82. The number of amides is 2. The molecule has 1 aromatic heterocycles. The Kier molecular flexibility index (Phi) is 7.92. The molecule has 0 fully saturated rings. The average molecular weight is 468 g/mol. The van der Waals surface area contributed by atoms with E-state index in [1.54, 1.807) is 42.6 Å². The van der Waals surface area contributed by atoms with Crippen LogP contribution in [-0.4, -0.2) is 55.8 Å². The number of pyridine rings is 1. The van der Waals surface area contributed by atoms with Crippen molar-refractivity contribution >= 4 is 21.7 Å². The van der Waals surface area contributed by atoms with Crippen molar-refractivity contribution in [1.82, 2.24) is 15.6 Å². The molecule has 33 heavy (non-hydrogen) atoms. The lowest BCUT2D eigenvalue weighted by Gasteiger charge is -2.17. The van der Waals surface area contributed by atoms with Gasteiger partial charge in [-0.25, -0.2) is 8.42 Å². The zero-order valence-corrected chi connectivity index (χ0v) is 18.9. The van der Waals surface area contributed by atoms with E-state index in [1.165, 1.54) is 12.5 Å². The van der Waals surface area contributed by atoms with E-state index in [2.05, 4.69) is 15.6 Å². The van der Waals surface area contributed by atoms with Gasteiger partial charge in [0.1, 0.15) is 0 Å². The van der Waals surface area contributed by atoms with Crippen LogP contribution in [0.2, 0.25) is 0 Å². The minimum Gasteiger partial charge on any atom is -0.394 e. The van der Waals surface area contributed by atoms with Crippen LogP contribution in [0.25, 0.3) is 11.1 Å². The van der Waals surface area contributed by atoms with Gasteiger partial charge in [0.05, 0.1) is 29.7 Å². The number of aromatic nitrogens is 1. The van der Waals surface area contributed by atoms with Crippen molar-refractivity contribution in [3.8, 4) is 11.1 Å². The Morgan fingerprint density at radius 3 is 2.18 bits per heavy atom. The van der Waals surface area contributed by atoms with Crippen molar-refractivity contribution in [2.45, 2.75) is 17.4 Å². The quantitative estimate of drug-likeness (QED) is 0.439. The molecule has 0 saturated heterocycles. The number of sulfone groups is 1. The van der Waals surface area contributed by atoms with Gasteiger partial charge in [0.15, 0.2) is 9.84 Å². The molecule has 0 aliphatic carbocycles. The van der Waals surface area contributed by atoms with E-state index in [4.69, 9.17) is 0 Å². The lowest BCUT2D eigenvalue weighted by molar-refractivity contribution is -0.121. The molecular formula is C24H25N3O5S. The maximum Gasteiger partial charge on any atom is 0.253 e. The second-order valence-corrected chi connectivity index (χ2v) is 9.58. The van der Waals surface area contributed by atoms with Crippen LogP contribution in [0.1, 0.15) is 15.9 Å². The van der Waals surface area contributed by atoms with Crippen molar-refractivity contribution in [2.24, 2.45) is 0 Å². The van der Waals surface area contributed by atoms with Crippen molar-refractivity contribution in [3.63, 3.8) is 0 Å². The first-order valence-corrected chi connectivity index (χ1v) is 12.1. The molecule has 0 saturated carbocycles. The third-order valence-corrected chi connectivity index (χ3v) is 6.10. The van der Waals surface area contributed by atoms with Gasteiger partial charge in [-0.3, -0.25) is 14.6 Å². The van der Waals surface area contributed by atoms with E-state index >= 15 is 0 Å². The van der Waals surface area contributed by atoms with Crippen LogP contribution in [0.4, 0.5) is 0 Å². The van der Waals surface area contributed by atoms with Crippen LogP contribution in [0.3, 0.4) is 0 Å². The number of carbonyl (C=O) groups is 2. The molecule has 3 N–H and O–H groups in total. The van der Waals surface area contributed by atoms with Crippen LogP contribution in [0, 0.1) is 0 Å². The van der Waals surface area contributed by atoms with Gasteiger partial charge in [-0.15, -0.1) is 0 Å². The summed E-state index contributed by atoms with van der Waals surface area (Å²) in [5.41, 5.74) is 3.06. The lowest BCUT2D eigenvalue weighted by atomic mass is 10.0. The fourth-order valence-corrected chi connectivity index (χ4v) is 3.84. The van der Waals surface area contributed by atoms with E-state index in [0.29, 0.717) is 12.0 Å². The van der Waals surface area contributed by atoms with Gasteiger partial charge < -0.3 is 15.7 Å². The van der Waals surface area contributed by atoms with E-state index in [-0.39, 0.29) is 18.0 Å². The number of nitrogens with one attached hydrogen (secondary N) is 2. The number of benzene rings is 2. The molecule has 0 radical (unpaired) electrons. The first-order chi connectivity index (χ1) is 15.8. The van der Waals surface area contributed by atoms with Crippen LogP contribution in [0.15, 0.2) is 78.0 Å². The third-order valence-electron chi connectivity index (χ3n) is 4.97. The normalized spacial score (nSPS) is 12.1. The highest BCUT2D eigenvalue weighted by atomic mass is 32.2. The highest BCUT2D eigenvalue weighted by Crippen LogP contribution is 2.22. The van der Waals surface area contributed by atoms with Crippen LogP contribution in [-0.2, 0) is 21.1 Å². The maximum absolute atomic E-state index is 12.2. The number of carbonyl (C=O) groups excluding carboxylic acids is 2. The molecule has 3 rings (SSSR count). The summed E-state index contributed by atoms with van der Waals surface area (Å²) >= 11 is 0. The molecule has 0 aliphatic heterocycles. The van der Waals surface area contributed by atoms with Gasteiger partial charge in [-0.2, -0.15) is 0 Å². The second-order valence-electron chi connectivity index (χ2n) is 7.57. The van der Waals surface area contributed by atoms with Crippen LogP contribution >= 0.6 is 0 Å². The van der Waals surface area contributed by atoms with Gasteiger partial charge in [0, 0.05) is 18.6 Å². The summed E-state index contributed by atoms with van der Waals surface area (Å²) < 4.78 is 23.2. The smallest absolute Gasteiger partial charge is 0.253 e. The van der Waals surface area contributed by atoms with Gasteiger partial charge in [-0.1, -0.05) is 36.4 Å². The molecule has 2 amide bonds. The Labute approximate surface area is 192 Å². The van der Waals surface area contributed by atoms with Gasteiger partial charge in [-0.05, 0) is 47.4 Å². The predicted octanol–water partition coefficient (Wildman–Crippen LogP) is 1.60. The van der Waals surface area contributed by atoms with E-state index in [9.17, 15) is 23.1 Å². The Balaban J connectivity index is 1.54. The third kappa shape index (κ3) is 6.96. The highest BCUT2D eigenvalue weighted by Gasteiger charge is 2.14. The topological polar surface area (TPSA) is 125 Å². The molecule has 3 aromatic rings. The summed E-state index contributed by atoms with van der Waals surface area (Å²) in [6.07, 6.45) is 4.54. The number of nitrogens with zero attached hydrogens (tertiary/aromatic N) is 1. The molecular weight excluding hydrogens is 442 g/mol. The number of aliphatic hydroxyl groups excluding tert-OH is 1. The minimum absolute atomic E-state index is 0.216. The standard InChI is InChI=1S/C24H25N3O5S/c1-33(31,32)22-10-8-19(9-11-22)18-6-4-17(5-7-18)13-21(16-28)27-23(29)15-26-24(30)20-3-2-12-25-14-20/h2-12,14,21,28H,13,15-16H2,1H3,(H,26,30)(H,27,29). The summed E-state index contributed by atoms with van der Waals surface area (Å²) in [5.74, 6) is -0.812. The molecule has 9 heteroatoms. The monoisotopic (exact) mass is 467 g/mol. The minimum atomic E-state index is -3.24. The summed E-state index contributed by atoms with van der Waals surface area (Å²) in [4.78, 5) is 28.3. The second kappa shape index (κ2) is 10.8. The van der Waals surface area contributed by atoms with E-state index in [0.717, 1.165) is 16.7 Å². The Bertz CT molecular complexity index is 1200. The predicted molar refractivity (Wildman–Crippen MR) is 124 cm³/mol. The van der Waals surface area contributed by atoms with Crippen molar-refractivity contribution in [2.75, 3.05) is 19.4 Å². The Morgan fingerprint density at radius 2 is 1.64 bits per heavy atom. The molecule has 0 bridgehead atoms. The van der Waals surface area contributed by atoms with Crippen LogP contribution < -0.4 is 10.6 Å². The molecule has 2 aromatic carbocycles. The van der Waals surface area contributed by atoms with E-state index < -0.39 is 27.7 Å². The Hall–Kier alpha value is -3.56. The van der Waals surface area contributed by atoms with Crippen molar-refractivity contribution in [3.05, 3.63) is 84.2 Å². The van der Waals surface area contributed by atoms with Crippen molar-refractivity contribution < 1.29 is 23.1 Å². The number of hydrogen-bond acceptors (Lipinski definition) is 6. The van der Waals surface area contributed by atoms with Crippen LogP contribution in [0.5, 0.6) is 0 Å². The number of aliphatic hydroxyl groups is 1. The summed E-state index contributed by atoms with van der Waals surface area (Å²) in [7, 11) is -3.24. The first kappa shape index (κ1) is 24.1.